The third kappa shape index (κ3) is 3.64. The van der Waals surface area contributed by atoms with E-state index in [4.69, 9.17) is 11.6 Å². The summed E-state index contributed by atoms with van der Waals surface area (Å²) in [7, 11) is 1.70. The van der Waals surface area contributed by atoms with Gasteiger partial charge < -0.3 is 10.2 Å². The van der Waals surface area contributed by atoms with Gasteiger partial charge in [-0.3, -0.25) is 9.59 Å². The summed E-state index contributed by atoms with van der Waals surface area (Å²) in [6, 6.07) is 7.23. The van der Waals surface area contributed by atoms with Gasteiger partial charge in [0.05, 0.1) is 6.04 Å². The van der Waals surface area contributed by atoms with Crippen LogP contribution in [0.2, 0.25) is 5.02 Å². The van der Waals surface area contributed by atoms with Gasteiger partial charge >= 0.3 is 0 Å². The zero-order valence-corrected chi connectivity index (χ0v) is 14.0. The zero-order chi connectivity index (χ0) is 16.3. The molecule has 2 amide bonds. The minimum Gasteiger partial charge on any atom is -0.334 e. The molecule has 0 radical (unpaired) electrons. The second kappa shape index (κ2) is 6.89. The van der Waals surface area contributed by atoms with Gasteiger partial charge in [-0.15, -0.1) is 11.3 Å². The lowest BCUT2D eigenvalue weighted by atomic mass is 10.1. The number of amides is 2. The van der Waals surface area contributed by atoms with Crippen LogP contribution in [-0.4, -0.2) is 28.7 Å². The number of benzene rings is 1. The average Bonchev–Trinajstić information content (AvgIpc) is 2.93. The van der Waals surface area contributed by atoms with Crippen molar-refractivity contribution in [3.63, 3.8) is 0 Å². The molecule has 2 aromatic rings. The SMILES string of the molecule is CC(=O)Nc1nc(C(=O)N(C)[C@@H](C)c2ccccc2Cl)cs1. The summed E-state index contributed by atoms with van der Waals surface area (Å²) in [6.07, 6.45) is 0. The highest BCUT2D eigenvalue weighted by Crippen LogP contribution is 2.27. The number of hydrogen-bond donors (Lipinski definition) is 1. The van der Waals surface area contributed by atoms with Crippen LogP contribution in [0.1, 0.15) is 35.9 Å². The van der Waals surface area contributed by atoms with Gasteiger partial charge in [-0.1, -0.05) is 29.8 Å². The first kappa shape index (κ1) is 16.5. The summed E-state index contributed by atoms with van der Waals surface area (Å²) < 4.78 is 0. The minimum absolute atomic E-state index is 0.188. The number of thiazole rings is 1. The van der Waals surface area contributed by atoms with Crippen molar-refractivity contribution in [3.05, 3.63) is 45.9 Å². The number of aromatic nitrogens is 1. The second-order valence-electron chi connectivity index (χ2n) is 4.83. The van der Waals surface area contributed by atoms with Crippen molar-refractivity contribution in [1.29, 1.82) is 0 Å². The molecule has 116 valence electrons. The lowest BCUT2D eigenvalue weighted by Gasteiger charge is -2.25. The molecule has 1 atom stereocenters. The van der Waals surface area contributed by atoms with Gasteiger partial charge in [-0.25, -0.2) is 4.98 Å². The van der Waals surface area contributed by atoms with Crippen LogP contribution in [0.3, 0.4) is 0 Å². The number of hydrogen-bond acceptors (Lipinski definition) is 4. The maximum atomic E-state index is 12.5. The molecule has 1 heterocycles. The molecule has 2 rings (SSSR count). The fourth-order valence-electron chi connectivity index (χ4n) is 1.96. The fraction of sp³-hybridized carbons (Fsp3) is 0.267. The molecule has 0 fully saturated rings. The number of nitrogens with zero attached hydrogens (tertiary/aromatic N) is 2. The number of anilines is 1. The molecular formula is C15H16ClN3O2S. The molecular weight excluding hydrogens is 322 g/mol. The summed E-state index contributed by atoms with van der Waals surface area (Å²) in [4.78, 5) is 29.2. The Morgan fingerprint density at radius 3 is 2.68 bits per heavy atom. The molecule has 0 spiro atoms. The monoisotopic (exact) mass is 337 g/mol. The Kier molecular flexibility index (Phi) is 5.15. The second-order valence-corrected chi connectivity index (χ2v) is 6.10. The van der Waals surface area contributed by atoms with Crippen molar-refractivity contribution in [2.24, 2.45) is 0 Å². The molecule has 0 bridgehead atoms. The van der Waals surface area contributed by atoms with E-state index >= 15 is 0 Å². The lowest BCUT2D eigenvalue weighted by Crippen LogP contribution is -2.30. The average molecular weight is 338 g/mol. The number of nitrogens with one attached hydrogen (secondary N) is 1. The van der Waals surface area contributed by atoms with E-state index in [0.717, 1.165) is 5.56 Å². The zero-order valence-electron chi connectivity index (χ0n) is 12.5. The molecule has 5 nitrogen and oxygen atoms in total. The highest BCUT2D eigenvalue weighted by atomic mass is 35.5. The first-order valence-corrected chi connectivity index (χ1v) is 7.90. The Morgan fingerprint density at radius 1 is 1.36 bits per heavy atom. The topological polar surface area (TPSA) is 62.3 Å². The van der Waals surface area contributed by atoms with Gasteiger partial charge in [0.2, 0.25) is 5.91 Å². The molecule has 0 aliphatic heterocycles. The Bertz CT molecular complexity index is 702. The molecule has 0 aliphatic carbocycles. The third-order valence-electron chi connectivity index (χ3n) is 3.26. The van der Waals surface area contributed by atoms with Crippen molar-refractivity contribution < 1.29 is 9.59 Å². The number of rotatable bonds is 4. The van der Waals surface area contributed by atoms with Gasteiger partial charge in [-0.05, 0) is 18.6 Å². The maximum absolute atomic E-state index is 12.5. The highest BCUT2D eigenvalue weighted by Gasteiger charge is 2.22. The standard InChI is InChI=1S/C15H16ClN3O2S/c1-9(11-6-4-5-7-12(11)16)19(3)14(21)13-8-22-15(18-13)17-10(2)20/h4-9H,1-3H3,(H,17,18,20)/t9-/m0/s1. The molecule has 7 heteroatoms. The maximum Gasteiger partial charge on any atom is 0.273 e. The van der Waals surface area contributed by atoms with Crippen LogP contribution in [-0.2, 0) is 4.79 Å². The summed E-state index contributed by atoms with van der Waals surface area (Å²) in [5.74, 6) is -0.439. The van der Waals surface area contributed by atoms with E-state index in [9.17, 15) is 9.59 Å². The first-order valence-electron chi connectivity index (χ1n) is 6.65. The van der Waals surface area contributed by atoms with Crippen molar-refractivity contribution in [2.75, 3.05) is 12.4 Å². The minimum atomic E-state index is -0.222. The third-order valence-corrected chi connectivity index (χ3v) is 4.36. The van der Waals surface area contributed by atoms with Crippen LogP contribution >= 0.6 is 22.9 Å². The summed E-state index contributed by atoms with van der Waals surface area (Å²) in [5.41, 5.74) is 1.17. The van der Waals surface area contributed by atoms with Gasteiger partial charge in [0, 0.05) is 24.4 Å². The molecule has 0 saturated heterocycles. The largest absolute Gasteiger partial charge is 0.334 e. The Hall–Kier alpha value is -1.92. The molecule has 22 heavy (non-hydrogen) atoms. The van der Waals surface area contributed by atoms with Gasteiger partial charge in [0.25, 0.3) is 5.91 Å². The molecule has 0 unspecified atom stereocenters. The Balaban J connectivity index is 2.16. The summed E-state index contributed by atoms with van der Waals surface area (Å²) in [5, 5.41) is 5.22. The number of halogens is 1. The van der Waals surface area contributed by atoms with Crippen molar-refractivity contribution in [1.82, 2.24) is 9.88 Å². The predicted octanol–water partition coefficient (Wildman–Crippen LogP) is 3.59. The van der Waals surface area contributed by atoms with Crippen LogP contribution in [0, 0.1) is 0 Å². The Morgan fingerprint density at radius 2 is 2.05 bits per heavy atom. The fourth-order valence-corrected chi connectivity index (χ4v) is 2.98. The first-order chi connectivity index (χ1) is 10.4. The molecule has 1 aromatic carbocycles. The van der Waals surface area contributed by atoms with Crippen LogP contribution < -0.4 is 5.32 Å². The molecule has 0 aliphatic rings. The van der Waals surface area contributed by atoms with E-state index in [1.165, 1.54) is 18.3 Å². The number of carbonyl (C=O) groups is 2. The van der Waals surface area contributed by atoms with E-state index in [-0.39, 0.29) is 17.9 Å². The Labute approximate surface area is 137 Å². The molecule has 1 aromatic heterocycles. The van der Waals surface area contributed by atoms with Gasteiger partial charge in [0.1, 0.15) is 5.69 Å². The van der Waals surface area contributed by atoms with E-state index in [1.807, 2.05) is 25.1 Å². The van der Waals surface area contributed by atoms with Crippen LogP contribution in [0.4, 0.5) is 5.13 Å². The van der Waals surface area contributed by atoms with E-state index < -0.39 is 0 Å². The summed E-state index contributed by atoms with van der Waals surface area (Å²) in [6.45, 7) is 3.30. The van der Waals surface area contributed by atoms with Gasteiger partial charge in [-0.2, -0.15) is 0 Å². The highest BCUT2D eigenvalue weighted by molar-refractivity contribution is 7.14. The van der Waals surface area contributed by atoms with E-state index in [0.29, 0.717) is 15.8 Å². The van der Waals surface area contributed by atoms with Gasteiger partial charge in [0.15, 0.2) is 5.13 Å². The normalized spacial score (nSPS) is 11.8. The molecule has 1 N–H and O–H groups in total. The lowest BCUT2D eigenvalue weighted by molar-refractivity contribution is -0.114. The quantitative estimate of drug-likeness (QED) is 0.927. The van der Waals surface area contributed by atoms with Crippen LogP contribution in [0.25, 0.3) is 0 Å². The van der Waals surface area contributed by atoms with E-state index in [1.54, 1.807) is 23.4 Å². The van der Waals surface area contributed by atoms with Crippen molar-refractivity contribution >= 4 is 39.9 Å². The van der Waals surface area contributed by atoms with Crippen LogP contribution in [0.5, 0.6) is 0 Å². The van der Waals surface area contributed by atoms with Crippen molar-refractivity contribution in [2.45, 2.75) is 19.9 Å². The molecule has 0 saturated carbocycles. The van der Waals surface area contributed by atoms with Crippen molar-refractivity contribution in [3.8, 4) is 0 Å². The smallest absolute Gasteiger partial charge is 0.273 e. The number of carbonyl (C=O) groups excluding carboxylic acids is 2. The van der Waals surface area contributed by atoms with E-state index in [2.05, 4.69) is 10.3 Å². The van der Waals surface area contributed by atoms with Crippen LogP contribution in [0.15, 0.2) is 29.6 Å². The summed E-state index contributed by atoms with van der Waals surface area (Å²) >= 11 is 7.39. The predicted molar refractivity (Wildman–Crippen MR) is 88.4 cm³/mol.